The molecule has 2 aromatic carbocycles. The number of sulfonamides is 1. The van der Waals surface area contributed by atoms with Gasteiger partial charge in [-0.1, -0.05) is 12.1 Å². The molecular formula is C20H22N2O4S. The molecule has 142 valence electrons. The first-order valence-electron chi connectivity index (χ1n) is 8.83. The quantitative estimate of drug-likeness (QED) is 0.812. The van der Waals surface area contributed by atoms with Crippen LogP contribution in [0.5, 0.6) is 5.75 Å². The highest BCUT2D eigenvalue weighted by molar-refractivity contribution is 7.89. The van der Waals surface area contributed by atoms with Crippen molar-refractivity contribution in [3.05, 3.63) is 53.6 Å². The molecule has 2 aliphatic heterocycles. The normalized spacial score (nSPS) is 22.5. The van der Waals surface area contributed by atoms with Crippen LogP contribution in [0.3, 0.4) is 0 Å². The maximum Gasteiger partial charge on any atom is 0.243 e. The molecule has 2 heterocycles. The van der Waals surface area contributed by atoms with Gasteiger partial charge in [0.2, 0.25) is 15.9 Å². The molecule has 0 radical (unpaired) electrons. The zero-order valence-electron chi connectivity index (χ0n) is 15.6. The zero-order valence-corrected chi connectivity index (χ0v) is 16.4. The highest BCUT2D eigenvalue weighted by Gasteiger charge is 2.55. The van der Waals surface area contributed by atoms with E-state index in [-0.39, 0.29) is 17.3 Å². The van der Waals surface area contributed by atoms with Crippen molar-refractivity contribution in [2.24, 2.45) is 0 Å². The van der Waals surface area contributed by atoms with Crippen LogP contribution < -0.4 is 9.64 Å². The Hall–Kier alpha value is -2.38. The Morgan fingerprint density at radius 1 is 1.15 bits per heavy atom. The highest BCUT2D eigenvalue weighted by atomic mass is 32.2. The molecule has 0 N–H and O–H groups in total. The molecule has 0 aromatic heterocycles. The Kier molecular flexibility index (Phi) is 4.05. The van der Waals surface area contributed by atoms with Crippen molar-refractivity contribution in [3.8, 4) is 5.75 Å². The van der Waals surface area contributed by atoms with Crippen molar-refractivity contribution in [3.63, 3.8) is 0 Å². The standard InChI is InChI=1S/C20H22N2O4S/c1-14-5-4-6-16(11-14)27(24,25)22-10-9-20(13-22)17-12-15(26-3)7-8-18(17)21(2)19(20)23/h4-8,11-12H,9-10,13H2,1-3H3. The second kappa shape index (κ2) is 6.07. The Morgan fingerprint density at radius 3 is 2.63 bits per heavy atom. The molecule has 2 aliphatic rings. The van der Waals surface area contributed by atoms with Crippen LogP contribution in [0.1, 0.15) is 17.5 Å². The summed E-state index contributed by atoms with van der Waals surface area (Å²) in [7, 11) is -0.335. The van der Waals surface area contributed by atoms with E-state index in [0.717, 1.165) is 16.8 Å². The molecule has 1 spiro atoms. The number of anilines is 1. The Labute approximate surface area is 159 Å². The van der Waals surface area contributed by atoms with Crippen LogP contribution in [0.15, 0.2) is 47.4 Å². The second-order valence-electron chi connectivity index (χ2n) is 7.23. The predicted molar refractivity (Wildman–Crippen MR) is 103 cm³/mol. The van der Waals surface area contributed by atoms with Crippen molar-refractivity contribution in [1.82, 2.24) is 4.31 Å². The van der Waals surface area contributed by atoms with E-state index in [1.54, 1.807) is 37.3 Å². The third kappa shape index (κ3) is 2.56. The number of hydrogen-bond donors (Lipinski definition) is 0. The summed E-state index contributed by atoms with van der Waals surface area (Å²) in [5.74, 6) is 0.601. The summed E-state index contributed by atoms with van der Waals surface area (Å²) >= 11 is 0. The van der Waals surface area contributed by atoms with Gasteiger partial charge in [0.1, 0.15) is 5.75 Å². The second-order valence-corrected chi connectivity index (χ2v) is 9.17. The Bertz CT molecular complexity index is 1030. The van der Waals surface area contributed by atoms with Gasteiger partial charge in [-0.2, -0.15) is 4.31 Å². The molecule has 7 heteroatoms. The minimum absolute atomic E-state index is 0.0623. The first kappa shape index (κ1) is 18.0. The lowest BCUT2D eigenvalue weighted by molar-refractivity contribution is -0.122. The Balaban J connectivity index is 1.75. The number of methoxy groups -OCH3 is 1. The first-order chi connectivity index (χ1) is 12.8. The van der Waals surface area contributed by atoms with Gasteiger partial charge in [-0.15, -0.1) is 0 Å². The van der Waals surface area contributed by atoms with E-state index in [0.29, 0.717) is 18.7 Å². The van der Waals surface area contributed by atoms with Crippen molar-refractivity contribution < 1.29 is 17.9 Å². The van der Waals surface area contributed by atoms with E-state index in [9.17, 15) is 13.2 Å². The van der Waals surface area contributed by atoms with Crippen LogP contribution in [0, 0.1) is 6.92 Å². The lowest BCUT2D eigenvalue weighted by atomic mass is 9.81. The molecule has 1 fully saturated rings. The van der Waals surface area contributed by atoms with Gasteiger partial charge in [-0.3, -0.25) is 4.79 Å². The van der Waals surface area contributed by atoms with Gasteiger partial charge in [0.25, 0.3) is 0 Å². The van der Waals surface area contributed by atoms with E-state index in [1.165, 1.54) is 4.31 Å². The van der Waals surface area contributed by atoms with E-state index >= 15 is 0 Å². The van der Waals surface area contributed by atoms with Gasteiger partial charge < -0.3 is 9.64 Å². The SMILES string of the molecule is COc1ccc2c(c1)C1(CCN(S(=O)(=O)c3cccc(C)c3)C1)C(=O)N2C. The summed E-state index contributed by atoms with van der Waals surface area (Å²) < 4.78 is 33.0. The van der Waals surface area contributed by atoms with E-state index in [2.05, 4.69) is 0 Å². The summed E-state index contributed by atoms with van der Waals surface area (Å²) in [5.41, 5.74) is 1.69. The van der Waals surface area contributed by atoms with Gasteiger partial charge in [0.05, 0.1) is 17.4 Å². The molecule has 0 bridgehead atoms. The van der Waals surface area contributed by atoms with Crippen molar-refractivity contribution in [2.75, 3.05) is 32.1 Å². The summed E-state index contributed by atoms with van der Waals surface area (Å²) in [6.45, 7) is 2.32. The largest absolute Gasteiger partial charge is 0.497 e. The topological polar surface area (TPSA) is 66.9 Å². The van der Waals surface area contributed by atoms with Crippen LogP contribution in [-0.4, -0.2) is 45.9 Å². The number of carbonyl (C=O) groups is 1. The monoisotopic (exact) mass is 386 g/mol. The summed E-state index contributed by atoms with van der Waals surface area (Å²) in [5, 5.41) is 0. The van der Waals surface area contributed by atoms with Crippen LogP contribution in [-0.2, 0) is 20.2 Å². The lowest BCUT2D eigenvalue weighted by Gasteiger charge is -2.23. The van der Waals surface area contributed by atoms with Gasteiger partial charge in [0.15, 0.2) is 0 Å². The molecule has 0 saturated carbocycles. The summed E-state index contributed by atoms with van der Waals surface area (Å²) in [6.07, 6.45) is 0.460. The van der Waals surface area contributed by atoms with Crippen LogP contribution in [0.2, 0.25) is 0 Å². The van der Waals surface area contributed by atoms with Crippen molar-refractivity contribution in [2.45, 2.75) is 23.7 Å². The lowest BCUT2D eigenvalue weighted by Crippen LogP contribution is -2.42. The van der Waals surface area contributed by atoms with Crippen LogP contribution in [0.4, 0.5) is 5.69 Å². The van der Waals surface area contributed by atoms with E-state index in [1.807, 2.05) is 31.2 Å². The maximum atomic E-state index is 13.1. The fourth-order valence-corrected chi connectivity index (χ4v) is 5.77. The predicted octanol–water partition coefficient (Wildman–Crippen LogP) is 2.31. The van der Waals surface area contributed by atoms with E-state index in [4.69, 9.17) is 4.74 Å². The average molecular weight is 386 g/mol. The summed E-state index contributed by atoms with van der Waals surface area (Å²) in [4.78, 5) is 15.0. The first-order valence-corrected chi connectivity index (χ1v) is 10.3. The maximum absolute atomic E-state index is 13.1. The molecule has 6 nitrogen and oxygen atoms in total. The van der Waals surface area contributed by atoms with Gasteiger partial charge in [0, 0.05) is 25.8 Å². The zero-order chi connectivity index (χ0) is 19.4. The van der Waals surface area contributed by atoms with Crippen molar-refractivity contribution in [1.29, 1.82) is 0 Å². The smallest absolute Gasteiger partial charge is 0.243 e. The highest BCUT2D eigenvalue weighted by Crippen LogP contribution is 2.48. The third-order valence-corrected chi connectivity index (χ3v) is 7.50. The fourth-order valence-electron chi connectivity index (χ4n) is 4.16. The number of carbonyl (C=O) groups excluding carboxylic acids is 1. The number of rotatable bonds is 3. The minimum atomic E-state index is -3.65. The summed E-state index contributed by atoms with van der Waals surface area (Å²) in [6, 6.07) is 12.4. The number of likely N-dealkylation sites (N-methyl/N-ethyl adjacent to an activating group) is 1. The number of benzene rings is 2. The fraction of sp³-hybridized carbons (Fsp3) is 0.350. The molecule has 27 heavy (non-hydrogen) atoms. The third-order valence-electron chi connectivity index (χ3n) is 5.66. The number of amides is 1. The average Bonchev–Trinajstić information content (AvgIpc) is 3.20. The molecule has 1 saturated heterocycles. The van der Waals surface area contributed by atoms with Gasteiger partial charge >= 0.3 is 0 Å². The molecule has 2 aromatic rings. The molecule has 4 rings (SSSR count). The molecule has 1 unspecified atom stereocenters. The minimum Gasteiger partial charge on any atom is -0.497 e. The van der Waals surface area contributed by atoms with Crippen LogP contribution >= 0.6 is 0 Å². The molecule has 0 aliphatic carbocycles. The van der Waals surface area contributed by atoms with Gasteiger partial charge in [-0.05, 0) is 54.8 Å². The van der Waals surface area contributed by atoms with E-state index < -0.39 is 15.4 Å². The Morgan fingerprint density at radius 2 is 1.93 bits per heavy atom. The molecule has 1 amide bonds. The number of fused-ring (bicyclic) bond motifs is 2. The number of hydrogen-bond acceptors (Lipinski definition) is 4. The molecular weight excluding hydrogens is 364 g/mol. The number of nitrogens with zero attached hydrogens (tertiary/aromatic N) is 2. The molecule has 1 atom stereocenters. The van der Waals surface area contributed by atoms with Crippen molar-refractivity contribution >= 4 is 21.6 Å². The number of aryl methyl sites for hydroxylation is 1. The van der Waals surface area contributed by atoms with Gasteiger partial charge in [-0.25, -0.2) is 8.42 Å². The number of ether oxygens (including phenoxy) is 1. The van der Waals surface area contributed by atoms with Crippen LogP contribution in [0.25, 0.3) is 0 Å².